The first-order chi connectivity index (χ1) is 11.5. The fourth-order valence-electron chi connectivity index (χ4n) is 3.40. The molecule has 0 atom stereocenters. The van der Waals surface area contributed by atoms with Crippen LogP contribution in [0.25, 0.3) is 5.69 Å². The number of likely N-dealkylation sites (N-methyl/N-ethyl adjacent to an activating group) is 1. The lowest BCUT2D eigenvalue weighted by atomic mass is 10.2. The second kappa shape index (κ2) is 6.77. The average Bonchev–Trinajstić information content (AvgIpc) is 2.72. The molecule has 0 bridgehead atoms. The van der Waals surface area contributed by atoms with Gasteiger partial charge in [-0.1, -0.05) is 12.1 Å². The topological polar surface area (TPSA) is 28.5 Å². The molecule has 0 aliphatic carbocycles. The molecule has 24 heavy (non-hydrogen) atoms. The molecule has 2 heterocycles. The van der Waals surface area contributed by atoms with Crippen molar-refractivity contribution in [2.24, 2.45) is 0 Å². The number of hydrogen-bond acceptors (Lipinski definition) is 2. The maximum atomic E-state index is 14.2. The van der Waals surface area contributed by atoms with Crippen molar-refractivity contribution in [1.82, 2.24) is 14.4 Å². The summed E-state index contributed by atoms with van der Waals surface area (Å²) in [5, 5.41) is 0. The molecule has 0 N–H and O–H groups in total. The van der Waals surface area contributed by atoms with Gasteiger partial charge in [-0.2, -0.15) is 0 Å². The van der Waals surface area contributed by atoms with E-state index in [-0.39, 0.29) is 11.7 Å². The van der Waals surface area contributed by atoms with Gasteiger partial charge < -0.3 is 14.4 Å². The molecule has 1 aromatic heterocycles. The zero-order chi connectivity index (χ0) is 17.3. The van der Waals surface area contributed by atoms with Gasteiger partial charge >= 0.3 is 0 Å². The van der Waals surface area contributed by atoms with Gasteiger partial charge in [0.25, 0.3) is 5.91 Å². The number of halogens is 1. The van der Waals surface area contributed by atoms with Gasteiger partial charge in [-0.25, -0.2) is 4.39 Å². The number of hydrogen-bond donors (Lipinski definition) is 0. The molecule has 0 unspecified atom stereocenters. The molecule has 128 valence electrons. The van der Waals surface area contributed by atoms with Crippen molar-refractivity contribution < 1.29 is 9.18 Å². The van der Waals surface area contributed by atoms with Gasteiger partial charge in [-0.3, -0.25) is 4.79 Å². The number of aromatic nitrogens is 1. The van der Waals surface area contributed by atoms with Gasteiger partial charge in [0, 0.05) is 31.0 Å². The van der Waals surface area contributed by atoms with Crippen molar-refractivity contribution in [3.05, 3.63) is 53.1 Å². The van der Waals surface area contributed by atoms with E-state index in [2.05, 4.69) is 11.9 Å². The second-order valence-corrected chi connectivity index (χ2v) is 6.52. The summed E-state index contributed by atoms with van der Waals surface area (Å²) in [6.07, 6.45) is 0.980. The van der Waals surface area contributed by atoms with Gasteiger partial charge in [0.05, 0.1) is 11.3 Å². The molecule has 1 fully saturated rings. The first-order valence-electron chi connectivity index (χ1n) is 8.40. The van der Waals surface area contributed by atoms with Crippen LogP contribution >= 0.6 is 0 Å². The number of para-hydroxylation sites is 1. The quantitative estimate of drug-likeness (QED) is 0.847. The number of amides is 1. The van der Waals surface area contributed by atoms with Gasteiger partial charge in [0.2, 0.25) is 0 Å². The zero-order valence-electron chi connectivity index (χ0n) is 14.6. The zero-order valence-corrected chi connectivity index (χ0v) is 14.6. The van der Waals surface area contributed by atoms with Crippen molar-refractivity contribution in [2.75, 3.05) is 33.2 Å². The van der Waals surface area contributed by atoms with Crippen LogP contribution in [0.5, 0.6) is 0 Å². The summed E-state index contributed by atoms with van der Waals surface area (Å²) in [5.74, 6) is -0.240. The van der Waals surface area contributed by atoms with Crippen molar-refractivity contribution in [3.8, 4) is 5.69 Å². The number of carbonyl (C=O) groups is 1. The predicted octanol–water partition coefficient (Wildman–Crippen LogP) is 3.01. The number of carbonyl (C=O) groups excluding carboxylic acids is 1. The van der Waals surface area contributed by atoms with E-state index in [0.717, 1.165) is 44.0 Å². The first-order valence-corrected chi connectivity index (χ1v) is 8.40. The molecule has 1 aromatic carbocycles. The summed E-state index contributed by atoms with van der Waals surface area (Å²) in [6, 6.07) is 8.54. The molecule has 3 rings (SSSR count). The minimum atomic E-state index is -0.283. The Bertz CT molecular complexity index is 753. The van der Waals surface area contributed by atoms with E-state index >= 15 is 0 Å². The predicted molar refractivity (Wildman–Crippen MR) is 93.2 cm³/mol. The van der Waals surface area contributed by atoms with Gasteiger partial charge in [-0.15, -0.1) is 0 Å². The fraction of sp³-hybridized carbons (Fsp3) is 0.421. The molecule has 0 spiro atoms. The largest absolute Gasteiger partial charge is 0.337 e. The van der Waals surface area contributed by atoms with E-state index in [1.807, 2.05) is 35.4 Å². The Morgan fingerprint density at radius 2 is 1.83 bits per heavy atom. The van der Waals surface area contributed by atoms with Crippen molar-refractivity contribution in [3.63, 3.8) is 0 Å². The van der Waals surface area contributed by atoms with E-state index in [1.54, 1.807) is 12.1 Å². The maximum absolute atomic E-state index is 14.2. The molecular weight excluding hydrogens is 305 g/mol. The highest BCUT2D eigenvalue weighted by molar-refractivity contribution is 5.96. The van der Waals surface area contributed by atoms with Crippen LogP contribution in [-0.4, -0.2) is 53.5 Å². The molecule has 2 aromatic rings. The van der Waals surface area contributed by atoms with Crippen LogP contribution in [0.15, 0.2) is 30.3 Å². The summed E-state index contributed by atoms with van der Waals surface area (Å²) in [5.41, 5.74) is 2.82. The summed E-state index contributed by atoms with van der Waals surface area (Å²) < 4.78 is 16.0. The smallest absolute Gasteiger partial charge is 0.255 e. The van der Waals surface area contributed by atoms with E-state index in [9.17, 15) is 9.18 Å². The highest BCUT2D eigenvalue weighted by atomic mass is 19.1. The normalized spacial score (nSPS) is 16.2. The van der Waals surface area contributed by atoms with Crippen LogP contribution in [0, 0.1) is 19.7 Å². The third-order valence-corrected chi connectivity index (χ3v) is 4.76. The Labute approximate surface area is 142 Å². The van der Waals surface area contributed by atoms with Gasteiger partial charge in [0.1, 0.15) is 5.82 Å². The summed E-state index contributed by atoms with van der Waals surface area (Å²) in [4.78, 5) is 17.1. The number of nitrogens with zero attached hydrogens (tertiary/aromatic N) is 3. The first kappa shape index (κ1) is 16.7. The Balaban J connectivity index is 1.94. The summed E-state index contributed by atoms with van der Waals surface area (Å²) in [6.45, 7) is 7.20. The number of rotatable bonds is 2. The summed E-state index contributed by atoms with van der Waals surface area (Å²) >= 11 is 0. The van der Waals surface area contributed by atoms with Crippen LogP contribution in [0.1, 0.15) is 28.2 Å². The minimum absolute atomic E-state index is 0.0426. The molecular formula is C19H24FN3O. The van der Waals surface area contributed by atoms with Crippen LogP contribution in [0.3, 0.4) is 0 Å². The van der Waals surface area contributed by atoms with Crippen molar-refractivity contribution in [2.45, 2.75) is 20.3 Å². The summed E-state index contributed by atoms with van der Waals surface area (Å²) in [7, 11) is 2.08. The molecule has 0 radical (unpaired) electrons. The molecule has 1 amide bonds. The van der Waals surface area contributed by atoms with Crippen molar-refractivity contribution in [1.29, 1.82) is 0 Å². The van der Waals surface area contributed by atoms with E-state index < -0.39 is 0 Å². The Kier molecular flexibility index (Phi) is 4.71. The van der Waals surface area contributed by atoms with E-state index in [4.69, 9.17) is 0 Å². The lowest BCUT2D eigenvalue weighted by Gasteiger charge is -2.20. The Morgan fingerprint density at radius 3 is 2.58 bits per heavy atom. The standard InChI is InChI=1S/C19H24FN3O/c1-14-13-16(19(24)22-10-6-9-21(3)11-12-22)15(2)23(14)18-8-5-4-7-17(18)20/h4-5,7-8,13H,6,9-12H2,1-3H3. The fourth-order valence-corrected chi connectivity index (χ4v) is 3.40. The SMILES string of the molecule is Cc1cc(C(=O)N2CCCN(C)CC2)c(C)n1-c1ccccc1F. The third kappa shape index (κ3) is 3.08. The van der Waals surface area contributed by atoms with E-state index in [0.29, 0.717) is 11.3 Å². The highest BCUT2D eigenvalue weighted by Gasteiger charge is 2.24. The molecule has 1 aliphatic rings. The van der Waals surface area contributed by atoms with Gasteiger partial charge in [-0.05, 0) is 52.1 Å². The minimum Gasteiger partial charge on any atom is -0.337 e. The van der Waals surface area contributed by atoms with Crippen LogP contribution in [0.2, 0.25) is 0 Å². The molecule has 4 nitrogen and oxygen atoms in total. The van der Waals surface area contributed by atoms with E-state index in [1.165, 1.54) is 6.07 Å². The van der Waals surface area contributed by atoms with Crippen LogP contribution in [0.4, 0.5) is 4.39 Å². The number of aryl methyl sites for hydroxylation is 1. The highest BCUT2D eigenvalue weighted by Crippen LogP contribution is 2.24. The third-order valence-electron chi connectivity index (χ3n) is 4.76. The lowest BCUT2D eigenvalue weighted by molar-refractivity contribution is 0.0762. The monoisotopic (exact) mass is 329 g/mol. The number of benzene rings is 1. The molecule has 1 aliphatic heterocycles. The van der Waals surface area contributed by atoms with Crippen LogP contribution in [-0.2, 0) is 0 Å². The van der Waals surface area contributed by atoms with Gasteiger partial charge in [0.15, 0.2) is 0 Å². The molecule has 5 heteroatoms. The Hall–Kier alpha value is -2.14. The molecule has 1 saturated heterocycles. The maximum Gasteiger partial charge on any atom is 0.255 e. The van der Waals surface area contributed by atoms with Crippen LogP contribution < -0.4 is 0 Å². The Morgan fingerprint density at radius 1 is 1.08 bits per heavy atom. The average molecular weight is 329 g/mol. The lowest BCUT2D eigenvalue weighted by Crippen LogP contribution is -2.34. The second-order valence-electron chi connectivity index (χ2n) is 6.52. The molecule has 0 saturated carbocycles. The van der Waals surface area contributed by atoms with Crippen molar-refractivity contribution >= 4 is 5.91 Å².